The van der Waals surface area contributed by atoms with Gasteiger partial charge in [-0.3, -0.25) is 4.79 Å². The first-order valence-corrected chi connectivity index (χ1v) is 5.19. The van der Waals surface area contributed by atoms with Gasteiger partial charge in [0.05, 0.1) is 17.6 Å². The molecule has 3 heteroatoms. The van der Waals surface area contributed by atoms with E-state index in [0.717, 1.165) is 12.8 Å². The van der Waals surface area contributed by atoms with Crippen molar-refractivity contribution in [3.05, 3.63) is 12.7 Å². The van der Waals surface area contributed by atoms with Crippen LogP contribution in [0.1, 0.15) is 19.3 Å². The van der Waals surface area contributed by atoms with E-state index in [0.29, 0.717) is 18.6 Å². The van der Waals surface area contributed by atoms with Crippen LogP contribution in [0, 0.1) is 11.8 Å². The molecule has 0 aromatic heterocycles. The van der Waals surface area contributed by atoms with E-state index in [1.165, 1.54) is 6.42 Å². The smallest absolute Gasteiger partial charge is 0.309 e. The Kier molecular flexibility index (Phi) is 1.57. The SMILES string of the molecule is C=CCOC(=O)C1CC23CC(O2)C1C3. The van der Waals surface area contributed by atoms with Crippen molar-refractivity contribution in [3.8, 4) is 0 Å². The zero-order valence-corrected chi connectivity index (χ0v) is 8.07. The topological polar surface area (TPSA) is 35.5 Å². The molecule has 2 aliphatic heterocycles. The van der Waals surface area contributed by atoms with Crippen LogP contribution in [0.5, 0.6) is 0 Å². The van der Waals surface area contributed by atoms with Gasteiger partial charge in [0, 0.05) is 12.3 Å². The van der Waals surface area contributed by atoms with E-state index in [9.17, 15) is 4.79 Å². The molecular formula is C11H14O3. The predicted molar refractivity (Wildman–Crippen MR) is 49.6 cm³/mol. The molecule has 4 aliphatic rings. The van der Waals surface area contributed by atoms with Gasteiger partial charge in [-0.25, -0.2) is 0 Å². The van der Waals surface area contributed by atoms with E-state index < -0.39 is 0 Å². The fourth-order valence-corrected chi connectivity index (χ4v) is 3.28. The van der Waals surface area contributed by atoms with E-state index in [1.807, 2.05) is 0 Å². The molecule has 76 valence electrons. The van der Waals surface area contributed by atoms with Gasteiger partial charge in [0.2, 0.25) is 0 Å². The zero-order valence-electron chi connectivity index (χ0n) is 8.07. The molecule has 4 fully saturated rings. The van der Waals surface area contributed by atoms with Gasteiger partial charge in [0.25, 0.3) is 0 Å². The summed E-state index contributed by atoms with van der Waals surface area (Å²) >= 11 is 0. The maximum atomic E-state index is 11.6. The molecule has 3 bridgehead atoms. The van der Waals surface area contributed by atoms with Gasteiger partial charge in [-0.2, -0.15) is 0 Å². The molecule has 4 rings (SSSR count). The van der Waals surface area contributed by atoms with Crippen molar-refractivity contribution in [1.82, 2.24) is 0 Å². The molecule has 0 aromatic carbocycles. The zero-order chi connectivity index (χ0) is 9.76. The maximum absolute atomic E-state index is 11.6. The van der Waals surface area contributed by atoms with Crippen molar-refractivity contribution in [3.63, 3.8) is 0 Å². The molecule has 4 atom stereocenters. The molecule has 2 saturated carbocycles. The van der Waals surface area contributed by atoms with Crippen LogP contribution in [0.25, 0.3) is 0 Å². The normalized spacial score (nSPS) is 47.3. The monoisotopic (exact) mass is 194 g/mol. The summed E-state index contributed by atoms with van der Waals surface area (Å²) in [5.74, 6) is 0.486. The van der Waals surface area contributed by atoms with E-state index in [1.54, 1.807) is 6.08 Å². The average molecular weight is 194 g/mol. The molecule has 3 nitrogen and oxygen atoms in total. The molecule has 0 N–H and O–H groups in total. The summed E-state index contributed by atoms with van der Waals surface area (Å²) in [4.78, 5) is 11.6. The van der Waals surface area contributed by atoms with Gasteiger partial charge in [-0.1, -0.05) is 12.7 Å². The van der Waals surface area contributed by atoms with Crippen LogP contribution >= 0.6 is 0 Å². The average Bonchev–Trinajstić information content (AvgIpc) is 2.76. The Labute approximate surface area is 83.1 Å². The lowest BCUT2D eigenvalue weighted by molar-refractivity contribution is -0.200. The maximum Gasteiger partial charge on any atom is 0.309 e. The van der Waals surface area contributed by atoms with Crippen molar-refractivity contribution in [2.75, 3.05) is 6.61 Å². The lowest BCUT2D eigenvalue weighted by Crippen LogP contribution is -2.49. The Morgan fingerprint density at radius 3 is 2.86 bits per heavy atom. The minimum Gasteiger partial charge on any atom is -0.461 e. The third-order valence-corrected chi connectivity index (χ3v) is 3.81. The fourth-order valence-electron chi connectivity index (χ4n) is 3.28. The van der Waals surface area contributed by atoms with Crippen LogP contribution in [0.15, 0.2) is 12.7 Å². The summed E-state index contributed by atoms with van der Waals surface area (Å²) in [6.07, 6.45) is 5.09. The molecule has 2 heterocycles. The van der Waals surface area contributed by atoms with Crippen LogP contribution in [-0.2, 0) is 14.3 Å². The predicted octanol–water partition coefficient (Wildman–Crippen LogP) is 1.28. The number of carbonyl (C=O) groups excluding carboxylic acids is 1. The number of ether oxygens (including phenoxy) is 2. The minimum absolute atomic E-state index is 0.0511. The molecule has 14 heavy (non-hydrogen) atoms. The fraction of sp³-hybridized carbons (Fsp3) is 0.727. The molecule has 2 saturated heterocycles. The van der Waals surface area contributed by atoms with Crippen molar-refractivity contribution < 1.29 is 14.3 Å². The van der Waals surface area contributed by atoms with E-state index in [2.05, 4.69) is 6.58 Å². The second-order valence-corrected chi connectivity index (χ2v) is 4.64. The molecule has 2 aliphatic carbocycles. The first-order chi connectivity index (χ1) is 6.74. The summed E-state index contributed by atoms with van der Waals surface area (Å²) in [5.41, 5.74) is 0.0766. The minimum atomic E-state index is -0.0511. The van der Waals surface area contributed by atoms with Gasteiger partial charge >= 0.3 is 5.97 Å². The van der Waals surface area contributed by atoms with Gasteiger partial charge in [0.1, 0.15) is 6.61 Å². The Hall–Kier alpha value is -0.830. The highest BCUT2D eigenvalue weighted by Gasteiger charge is 2.67. The van der Waals surface area contributed by atoms with Gasteiger partial charge in [0.15, 0.2) is 0 Å². The van der Waals surface area contributed by atoms with Crippen LogP contribution in [0.2, 0.25) is 0 Å². The number of hydrogen-bond donors (Lipinski definition) is 0. The third kappa shape index (κ3) is 0.934. The van der Waals surface area contributed by atoms with Crippen LogP contribution in [0.4, 0.5) is 0 Å². The summed E-state index contributed by atoms with van der Waals surface area (Å²) < 4.78 is 10.8. The Balaban J connectivity index is 1.66. The van der Waals surface area contributed by atoms with Crippen molar-refractivity contribution in [1.29, 1.82) is 0 Å². The highest BCUT2D eigenvalue weighted by Crippen LogP contribution is 2.63. The van der Waals surface area contributed by atoms with Crippen LogP contribution in [0.3, 0.4) is 0 Å². The van der Waals surface area contributed by atoms with E-state index >= 15 is 0 Å². The molecule has 0 radical (unpaired) electrons. The highest BCUT2D eigenvalue weighted by atomic mass is 16.6. The summed E-state index contributed by atoms with van der Waals surface area (Å²) in [5, 5.41) is 0. The second-order valence-electron chi connectivity index (χ2n) is 4.64. The largest absolute Gasteiger partial charge is 0.461 e. The van der Waals surface area contributed by atoms with Gasteiger partial charge in [-0.15, -0.1) is 0 Å². The first kappa shape index (κ1) is 8.48. The molecule has 0 aromatic rings. The molecule has 4 unspecified atom stereocenters. The number of esters is 1. The third-order valence-electron chi connectivity index (χ3n) is 3.81. The molecular weight excluding hydrogens is 180 g/mol. The Morgan fingerprint density at radius 2 is 2.36 bits per heavy atom. The number of hydrogen-bond acceptors (Lipinski definition) is 3. The highest BCUT2D eigenvalue weighted by molar-refractivity contribution is 5.74. The quantitative estimate of drug-likeness (QED) is 0.501. The van der Waals surface area contributed by atoms with Crippen molar-refractivity contribution in [2.45, 2.75) is 31.0 Å². The van der Waals surface area contributed by atoms with Crippen molar-refractivity contribution in [2.24, 2.45) is 11.8 Å². The Bertz CT molecular complexity index is 291. The summed E-state index contributed by atoms with van der Waals surface area (Å²) in [6.45, 7) is 3.86. The lowest BCUT2D eigenvalue weighted by Gasteiger charge is -2.44. The summed E-state index contributed by atoms with van der Waals surface area (Å²) in [6, 6.07) is 0. The standard InChI is InChI=1S/C11H14O3/c1-2-3-13-10(12)8-5-11-4-7(8)9(6-11)14-11/h2,7-9H,1,3-6H2. The van der Waals surface area contributed by atoms with Gasteiger partial charge in [-0.05, 0) is 12.8 Å². The van der Waals surface area contributed by atoms with Crippen LogP contribution < -0.4 is 0 Å². The number of carbonyl (C=O) groups is 1. The van der Waals surface area contributed by atoms with E-state index in [-0.39, 0.29) is 17.5 Å². The lowest BCUT2D eigenvalue weighted by atomic mass is 9.81. The Morgan fingerprint density at radius 1 is 1.57 bits per heavy atom. The summed E-state index contributed by atoms with van der Waals surface area (Å²) in [7, 11) is 0. The number of rotatable bonds is 3. The first-order valence-electron chi connectivity index (χ1n) is 5.19. The second kappa shape index (κ2) is 2.60. The van der Waals surface area contributed by atoms with Crippen LogP contribution in [-0.4, -0.2) is 24.3 Å². The van der Waals surface area contributed by atoms with Gasteiger partial charge < -0.3 is 9.47 Å². The van der Waals surface area contributed by atoms with Crippen molar-refractivity contribution >= 4 is 5.97 Å². The molecule has 0 amide bonds. The van der Waals surface area contributed by atoms with E-state index in [4.69, 9.17) is 9.47 Å². The molecule has 1 spiro atoms.